The molecule has 0 spiro atoms. The summed E-state index contributed by atoms with van der Waals surface area (Å²) in [6, 6.07) is 4.90. The normalized spacial score (nSPS) is 10.9. The van der Waals surface area contributed by atoms with Crippen molar-refractivity contribution >= 4 is 16.7 Å². The van der Waals surface area contributed by atoms with Crippen LogP contribution in [0.5, 0.6) is 0 Å². The smallest absolute Gasteiger partial charge is 0.149 e. The second-order valence-electron chi connectivity index (χ2n) is 4.79. The predicted molar refractivity (Wildman–Crippen MR) is 79.4 cm³/mol. The van der Waals surface area contributed by atoms with Crippen LogP contribution in [-0.2, 0) is 6.54 Å². The number of benzene rings is 1. The Morgan fingerprint density at radius 2 is 2.14 bits per heavy atom. The average Bonchev–Trinajstić information content (AvgIpc) is 3.01. The minimum atomic E-state index is -0.321. The fraction of sp³-hybridized carbons (Fsp3) is 0.267. The number of imidazole rings is 1. The number of unbranched alkanes of at least 4 members (excludes halogenated alkanes) is 1. The van der Waals surface area contributed by atoms with Gasteiger partial charge in [-0.1, -0.05) is 6.07 Å². The van der Waals surface area contributed by atoms with Crippen LogP contribution in [0.15, 0.2) is 43.2 Å². The van der Waals surface area contributed by atoms with E-state index < -0.39 is 0 Å². The Labute approximate surface area is 121 Å². The van der Waals surface area contributed by atoms with Gasteiger partial charge in [-0.2, -0.15) is 0 Å². The number of aryl methyl sites for hydroxylation is 1. The molecule has 0 fully saturated rings. The van der Waals surface area contributed by atoms with E-state index in [1.54, 1.807) is 12.3 Å². The molecule has 1 N–H and O–H groups in total. The lowest BCUT2D eigenvalue weighted by Gasteiger charge is -2.08. The maximum Gasteiger partial charge on any atom is 0.149 e. The van der Waals surface area contributed by atoms with Crippen LogP contribution in [0.1, 0.15) is 12.8 Å². The number of hydrogen-bond acceptors (Lipinski definition) is 4. The second-order valence-corrected chi connectivity index (χ2v) is 4.79. The van der Waals surface area contributed by atoms with Gasteiger partial charge in [-0.3, -0.25) is 0 Å². The van der Waals surface area contributed by atoms with Gasteiger partial charge < -0.3 is 9.88 Å². The maximum atomic E-state index is 13.6. The van der Waals surface area contributed by atoms with E-state index in [9.17, 15) is 4.39 Å². The first-order chi connectivity index (χ1) is 10.3. The number of fused-ring (bicyclic) bond motifs is 1. The van der Waals surface area contributed by atoms with Crippen LogP contribution in [0, 0.1) is 5.82 Å². The van der Waals surface area contributed by atoms with Gasteiger partial charge in [0.05, 0.1) is 6.33 Å². The maximum absolute atomic E-state index is 13.6. The van der Waals surface area contributed by atoms with Crippen LogP contribution in [0.2, 0.25) is 0 Å². The molecule has 0 unspecified atom stereocenters. The number of anilines is 1. The Bertz CT molecular complexity index is 711. The van der Waals surface area contributed by atoms with Crippen molar-refractivity contribution in [1.29, 1.82) is 0 Å². The first kappa shape index (κ1) is 13.5. The summed E-state index contributed by atoms with van der Waals surface area (Å²) in [4.78, 5) is 12.2. The molecule has 21 heavy (non-hydrogen) atoms. The zero-order valence-corrected chi connectivity index (χ0v) is 11.5. The topological polar surface area (TPSA) is 55.6 Å². The van der Waals surface area contributed by atoms with E-state index in [4.69, 9.17) is 0 Å². The summed E-state index contributed by atoms with van der Waals surface area (Å²) < 4.78 is 15.7. The number of hydrogen-bond donors (Lipinski definition) is 1. The molecule has 0 bridgehead atoms. The van der Waals surface area contributed by atoms with Gasteiger partial charge in [0.15, 0.2) is 0 Å². The quantitative estimate of drug-likeness (QED) is 0.708. The van der Waals surface area contributed by atoms with Gasteiger partial charge in [0.1, 0.15) is 23.5 Å². The van der Waals surface area contributed by atoms with E-state index in [0.29, 0.717) is 16.7 Å². The van der Waals surface area contributed by atoms with Gasteiger partial charge in [-0.05, 0) is 25.0 Å². The molecule has 0 radical (unpaired) electrons. The molecule has 0 atom stereocenters. The molecule has 3 aromatic rings. The summed E-state index contributed by atoms with van der Waals surface area (Å²) in [7, 11) is 0. The van der Waals surface area contributed by atoms with Crippen LogP contribution < -0.4 is 5.32 Å². The first-order valence-corrected chi connectivity index (χ1v) is 6.93. The van der Waals surface area contributed by atoms with E-state index in [-0.39, 0.29) is 5.82 Å². The van der Waals surface area contributed by atoms with E-state index in [2.05, 4.69) is 24.8 Å². The van der Waals surface area contributed by atoms with Crippen LogP contribution >= 0.6 is 0 Å². The van der Waals surface area contributed by atoms with Gasteiger partial charge in [0.25, 0.3) is 0 Å². The number of aromatic nitrogens is 4. The fourth-order valence-electron chi connectivity index (χ4n) is 2.24. The molecule has 0 amide bonds. The molecule has 2 aromatic heterocycles. The predicted octanol–water partition coefficient (Wildman–Crippen LogP) is 2.86. The summed E-state index contributed by atoms with van der Waals surface area (Å²) in [6.07, 6.45) is 8.97. The molecule has 0 aliphatic rings. The van der Waals surface area contributed by atoms with Crippen molar-refractivity contribution in [2.45, 2.75) is 19.4 Å². The minimum Gasteiger partial charge on any atom is -0.369 e. The Balaban J connectivity index is 1.57. The molecular weight excluding hydrogens is 269 g/mol. The summed E-state index contributed by atoms with van der Waals surface area (Å²) in [5.41, 5.74) is 0.355. The third-order valence-electron chi connectivity index (χ3n) is 3.31. The van der Waals surface area contributed by atoms with Crippen molar-refractivity contribution in [2.24, 2.45) is 0 Å². The van der Waals surface area contributed by atoms with Gasteiger partial charge in [-0.25, -0.2) is 19.3 Å². The van der Waals surface area contributed by atoms with Gasteiger partial charge in [0, 0.05) is 30.9 Å². The Morgan fingerprint density at radius 3 is 3.00 bits per heavy atom. The highest BCUT2D eigenvalue weighted by molar-refractivity contribution is 5.89. The Kier molecular flexibility index (Phi) is 4.04. The summed E-state index contributed by atoms with van der Waals surface area (Å²) in [5, 5.41) is 3.97. The molecule has 1 aromatic carbocycles. The van der Waals surface area contributed by atoms with Crippen molar-refractivity contribution in [3.8, 4) is 0 Å². The molecule has 0 saturated carbocycles. The lowest BCUT2D eigenvalue weighted by Crippen LogP contribution is -2.06. The number of para-hydroxylation sites is 1. The van der Waals surface area contributed by atoms with Crippen molar-refractivity contribution in [3.63, 3.8) is 0 Å². The van der Waals surface area contributed by atoms with Gasteiger partial charge in [-0.15, -0.1) is 0 Å². The van der Waals surface area contributed by atoms with Crippen molar-refractivity contribution in [3.05, 3.63) is 49.1 Å². The molecule has 0 aliphatic carbocycles. The second kappa shape index (κ2) is 6.30. The van der Waals surface area contributed by atoms with Crippen molar-refractivity contribution in [1.82, 2.24) is 19.5 Å². The lowest BCUT2D eigenvalue weighted by molar-refractivity contribution is 0.620. The zero-order chi connectivity index (χ0) is 14.5. The third-order valence-corrected chi connectivity index (χ3v) is 3.31. The standard InChI is InChI=1S/C15H16FN5/c16-13-5-3-4-12-14(13)19-10-20-15(12)18-6-1-2-8-21-9-7-17-11-21/h3-5,7,9-11H,1-2,6,8H2,(H,18,19,20). The van der Waals surface area contributed by atoms with Crippen LogP contribution in [-0.4, -0.2) is 26.1 Å². The number of halogens is 1. The van der Waals surface area contributed by atoms with E-state index in [0.717, 1.165) is 25.9 Å². The molecule has 3 rings (SSSR count). The van der Waals surface area contributed by atoms with Crippen molar-refractivity contribution in [2.75, 3.05) is 11.9 Å². The summed E-state index contributed by atoms with van der Waals surface area (Å²) in [5.74, 6) is 0.361. The molecule has 6 heteroatoms. The summed E-state index contributed by atoms with van der Waals surface area (Å²) in [6.45, 7) is 1.73. The van der Waals surface area contributed by atoms with Crippen LogP contribution in [0.25, 0.3) is 10.9 Å². The fourth-order valence-corrected chi connectivity index (χ4v) is 2.24. The van der Waals surface area contributed by atoms with Gasteiger partial charge in [0.2, 0.25) is 0 Å². The molecule has 0 aliphatic heterocycles. The molecule has 5 nitrogen and oxygen atoms in total. The van der Waals surface area contributed by atoms with E-state index in [1.807, 2.05) is 18.6 Å². The van der Waals surface area contributed by atoms with Gasteiger partial charge >= 0.3 is 0 Å². The first-order valence-electron chi connectivity index (χ1n) is 6.93. The number of nitrogens with one attached hydrogen (secondary N) is 1. The van der Waals surface area contributed by atoms with Crippen molar-refractivity contribution < 1.29 is 4.39 Å². The number of nitrogens with zero attached hydrogens (tertiary/aromatic N) is 4. The Hall–Kier alpha value is -2.50. The van der Waals surface area contributed by atoms with Crippen LogP contribution in [0.3, 0.4) is 0 Å². The minimum absolute atomic E-state index is 0.321. The van der Waals surface area contributed by atoms with E-state index in [1.165, 1.54) is 12.4 Å². The molecular formula is C15H16FN5. The zero-order valence-electron chi connectivity index (χ0n) is 11.5. The highest BCUT2D eigenvalue weighted by Crippen LogP contribution is 2.21. The Morgan fingerprint density at radius 1 is 1.19 bits per heavy atom. The average molecular weight is 285 g/mol. The highest BCUT2D eigenvalue weighted by Gasteiger charge is 2.06. The SMILES string of the molecule is Fc1cccc2c(NCCCCn3ccnc3)ncnc12. The van der Waals surface area contributed by atoms with E-state index >= 15 is 0 Å². The monoisotopic (exact) mass is 285 g/mol. The highest BCUT2D eigenvalue weighted by atomic mass is 19.1. The number of rotatable bonds is 6. The molecule has 2 heterocycles. The third kappa shape index (κ3) is 3.16. The molecule has 108 valence electrons. The largest absolute Gasteiger partial charge is 0.369 e. The molecule has 0 saturated heterocycles. The lowest BCUT2D eigenvalue weighted by atomic mass is 10.2. The summed E-state index contributed by atoms with van der Waals surface area (Å²) >= 11 is 0. The van der Waals surface area contributed by atoms with Crippen LogP contribution in [0.4, 0.5) is 10.2 Å².